The van der Waals surface area contributed by atoms with Gasteiger partial charge >= 0.3 is 0 Å². The van der Waals surface area contributed by atoms with Crippen molar-refractivity contribution in [1.29, 1.82) is 0 Å². The third-order valence-corrected chi connectivity index (χ3v) is 4.94. The lowest BCUT2D eigenvalue weighted by molar-refractivity contribution is -0.119. The zero-order chi connectivity index (χ0) is 17.1. The third kappa shape index (κ3) is 3.19. The molecule has 0 unspecified atom stereocenters. The Hall–Kier alpha value is -2.54. The maximum Gasteiger partial charge on any atom is 0.274 e. The maximum absolute atomic E-state index is 12.4. The molecule has 130 valence electrons. The van der Waals surface area contributed by atoms with Crippen molar-refractivity contribution in [2.75, 3.05) is 26.3 Å². The van der Waals surface area contributed by atoms with Crippen LogP contribution in [0.4, 0.5) is 0 Å². The second-order valence-electron chi connectivity index (χ2n) is 6.46. The van der Waals surface area contributed by atoms with Crippen LogP contribution in [-0.2, 0) is 4.74 Å². The number of carbonyl (C=O) groups is 1. The Morgan fingerprint density at radius 3 is 2.96 bits per heavy atom. The van der Waals surface area contributed by atoms with E-state index in [0.29, 0.717) is 37.2 Å². The Balaban J connectivity index is 1.31. The molecule has 0 radical (unpaired) electrons. The van der Waals surface area contributed by atoms with E-state index in [0.717, 1.165) is 19.4 Å². The smallest absolute Gasteiger partial charge is 0.274 e. The first-order valence-corrected chi connectivity index (χ1v) is 8.50. The number of likely N-dealkylation sites (tertiary alicyclic amines) is 1. The number of hydrogen-bond acceptors (Lipinski definition) is 6. The van der Waals surface area contributed by atoms with E-state index in [2.05, 4.69) is 15.0 Å². The number of rotatable bonds is 5. The highest BCUT2D eigenvalue weighted by atomic mass is 16.5. The predicted octanol–water partition coefficient (Wildman–Crippen LogP) is 1.57. The summed E-state index contributed by atoms with van der Waals surface area (Å²) in [4.78, 5) is 26.4. The van der Waals surface area contributed by atoms with Crippen LogP contribution in [0.5, 0.6) is 5.88 Å². The molecular formula is C18H20N4O3. The van der Waals surface area contributed by atoms with Crippen molar-refractivity contribution in [1.82, 2.24) is 19.9 Å². The van der Waals surface area contributed by atoms with Crippen LogP contribution < -0.4 is 4.74 Å². The van der Waals surface area contributed by atoms with E-state index >= 15 is 0 Å². The molecule has 2 aromatic heterocycles. The van der Waals surface area contributed by atoms with Gasteiger partial charge < -0.3 is 14.4 Å². The molecule has 4 heterocycles. The van der Waals surface area contributed by atoms with Crippen molar-refractivity contribution in [3.8, 4) is 5.88 Å². The Morgan fingerprint density at radius 2 is 2.20 bits per heavy atom. The molecule has 0 saturated carbocycles. The summed E-state index contributed by atoms with van der Waals surface area (Å²) in [6.45, 7) is 2.56. The van der Waals surface area contributed by atoms with E-state index < -0.39 is 0 Å². The molecule has 4 rings (SSSR count). The van der Waals surface area contributed by atoms with Crippen LogP contribution in [0, 0.1) is 5.92 Å². The molecule has 25 heavy (non-hydrogen) atoms. The minimum atomic E-state index is -0.231. The van der Waals surface area contributed by atoms with Gasteiger partial charge in [0.15, 0.2) is 0 Å². The lowest BCUT2D eigenvalue weighted by Gasteiger charge is -2.50. The van der Waals surface area contributed by atoms with Crippen LogP contribution in [0.2, 0.25) is 0 Å². The molecule has 1 spiro atoms. The highest BCUT2D eigenvalue weighted by molar-refractivity contribution is 5.92. The van der Waals surface area contributed by atoms with Gasteiger partial charge in [-0.3, -0.25) is 9.78 Å². The van der Waals surface area contributed by atoms with Gasteiger partial charge in [-0.25, -0.2) is 9.97 Å². The molecule has 0 aliphatic carbocycles. The SMILES string of the molecule is O=C(c1cnccn1)N1CC2(C1)OCC[C@@H]2CCOc1ccccn1. The fourth-order valence-electron chi connectivity index (χ4n) is 3.60. The average molecular weight is 340 g/mol. The van der Waals surface area contributed by atoms with E-state index in [4.69, 9.17) is 9.47 Å². The Kier molecular flexibility index (Phi) is 4.31. The highest BCUT2D eigenvalue weighted by Crippen LogP contribution is 2.42. The fourth-order valence-corrected chi connectivity index (χ4v) is 3.60. The minimum Gasteiger partial charge on any atom is -0.478 e. The van der Waals surface area contributed by atoms with E-state index in [1.165, 1.54) is 12.4 Å². The molecular weight excluding hydrogens is 320 g/mol. The molecule has 7 nitrogen and oxygen atoms in total. The van der Waals surface area contributed by atoms with Crippen LogP contribution in [0.3, 0.4) is 0 Å². The molecule has 2 fully saturated rings. The minimum absolute atomic E-state index is 0.0855. The number of carbonyl (C=O) groups excluding carboxylic acids is 1. The number of aromatic nitrogens is 3. The monoisotopic (exact) mass is 340 g/mol. The molecule has 2 aliphatic rings. The number of pyridine rings is 1. The molecule has 2 aromatic rings. The standard InChI is InChI=1S/C18H20N4O3/c23-17(15-11-19-7-8-20-15)22-12-18(13-22)14(5-10-25-18)4-9-24-16-3-1-2-6-21-16/h1-3,6-8,11,14H,4-5,9-10,12-13H2/t14-/m0/s1. The predicted molar refractivity (Wildman–Crippen MR) is 89.1 cm³/mol. The normalized spacial score (nSPS) is 21.1. The summed E-state index contributed by atoms with van der Waals surface area (Å²) < 4.78 is 11.7. The first-order chi connectivity index (χ1) is 12.3. The summed E-state index contributed by atoms with van der Waals surface area (Å²) in [6, 6.07) is 5.62. The maximum atomic E-state index is 12.4. The number of amides is 1. The average Bonchev–Trinajstić information content (AvgIpc) is 3.05. The summed E-state index contributed by atoms with van der Waals surface area (Å²) >= 11 is 0. The zero-order valence-electron chi connectivity index (χ0n) is 13.9. The van der Waals surface area contributed by atoms with Gasteiger partial charge in [0, 0.05) is 31.3 Å². The number of ether oxygens (including phenoxy) is 2. The van der Waals surface area contributed by atoms with E-state index in [1.54, 1.807) is 17.3 Å². The first-order valence-electron chi connectivity index (χ1n) is 8.50. The zero-order valence-corrected chi connectivity index (χ0v) is 13.9. The third-order valence-electron chi connectivity index (χ3n) is 4.94. The van der Waals surface area contributed by atoms with Crippen molar-refractivity contribution in [3.63, 3.8) is 0 Å². The number of nitrogens with zero attached hydrogens (tertiary/aromatic N) is 4. The Bertz CT molecular complexity index is 720. The molecule has 0 N–H and O–H groups in total. The van der Waals surface area contributed by atoms with Crippen LogP contribution in [0.25, 0.3) is 0 Å². The fraction of sp³-hybridized carbons (Fsp3) is 0.444. The van der Waals surface area contributed by atoms with Gasteiger partial charge in [0.25, 0.3) is 5.91 Å². The Morgan fingerprint density at radius 1 is 1.28 bits per heavy atom. The van der Waals surface area contributed by atoms with Gasteiger partial charge in [0.2, 0.25) is 5.88 Å². The van der Waals surface area contributed by atoms with Gasteiger partial charge in [-0.1, -0.05) is 6.07 Å². The van der Waals surface area contributed by atoms with Crippen LogP contribution in [0.15, 0.2) is 43.0 Å². The molecule has 2 aliphatic heterocycles. The number of hydrogen-bond donors (Lipinski definition) is 0. The second-order valence-corrected chi connectivity index (χ2v) is 6.46. The van der Waals surface area contributed by atoms with Crippen molar-refractivity contribution >= 4 is 5.91 Å². The summed E-state index contributed by atoms with van der Waals surface area (Å²) in [5, 5.41) is 0. The van der Waals surface area contributed by atoms with Crippen molar-refractivity contribution in [2.45, 2.75) is 18.4 Å². The molecule has 7 heteroatoms. The van der Waals surface area contributed by atoms with E-state index in [9.17, 15) is 4.79 Å². The van der Waals surface area contributed by atoms with Gasteiger partial charge in [0.05, 0.1) is 25.9 Å². The topological polar surface area (TPSA) is 77.4 Å². The van der Waals surface area contributed by atoms with Gasteiger partial charge in [0.1, 0.15) is 11.3 Å². The summed E-state index contributed by atoms with van der Waals surface area (Å²) in [5.74, 6) is 0.948. The highest BCUT2D eigenvalue weighted by Gasteiger charge is 2.54. The van der Waals surface area contributed by atoms with E-state index in [-0.39, 0.29) is 11.5 Å². The van der Waals surface area contributed by atoms with Crippen LogP contribution >= 0.6 is 0 Å². The molecule has 1 amide bonds. The van der Waals surface area contributed by atoms with Crippen LogP contribution in [0.1, 0.15) is 23.3 Å². The van der Waals surface area contributed by atoms with E-state index in [1.807, 2.05) is 18.2 Å². The summed E-state index contributed by atoms with van der Waals surface area (Å²) in [6.07, 6.45) is 8.21. The molecule has 2 saturated heterocycles. The lowest BCUT2D eigenvalue weighted by Crippen LogP contribution is -2.66. The molecule has 0 bridgehead atoms. The van der Waals surface area contributed by atoms with Gasteiger partial charge in [-0.05, 0) is 24.8 Å². The van der Waals surface area contributed by atoms with Gasteiger partial charge in [-0.2, -0.15) is 0 Å². The first kappa shape index (κ1) is 16.0. The summed E-state index contributed by atoms with van der Waals surface area (Å²) in [7, 11) is 0. The van der Waals surface area contributed by atoms with Crippen molar-refractivity contribution in [2.24, 2.45) is 5.92 Å². The lowest BCUT2D eigenvalue weighted by atomic mass is 9.79. The van der Waals surface area contributed by atoms with Crippen molar-refractivity contribution in [3.05, 3.63) is 48.7 Å². The molecule has 0 aromatic carbocycles. The second kappa shape index (κ2) is 6.76. The quantitative estimate of drug-likeness (QED) is 0.822. The largest absolute Gasteiger partial charge is 0.478 e. The van der Waals surface area contributed by atoms with Crippen LogP contribution in [-0.4, -0.2) is 57.7 Å². The Labute approximate surface area is 146 Å². The van der Waals surface area contributed by atoms with Crippen molar-refractivity contribution < 1.29 is 14.3 Å². The molecule has 1 atom stereocenters. The van der Waals surface area contributed by atoms with Gasteiger partial charge in [-0.15, -0.1) is 0 Å². The summed E-state index contributed by atoms with van der Waals surface area (Å²) in [5.41, 5.74) is 0.149.